The van der Waals surface area contributed by atoms with E-state index in [-0.39, 0.29) is 5.41 Å². The lowest BCUT2D eigenvalue weighted by molar-refractivity contribution is 0.0198. The minimum absolute atomic E-state index is 0.144. The van der Waals surface area contributed by atoms with Crippen LogP contribution in [0.15, 0.2) is 24.3 Å². The molecule has 1 aliphatic heterocycles. The molecule has 3 nitrogen and oxygen atoms in total. The largest absolute Gasteiger partial charge is 0.379 e. The van der Waals surface area contributed by atoms with Gasteiger partial charge in [0.05, 0.1) is 13.2 Å². The summed E-state index contributed by atoms with van der Waals surface area (Å²) in [5, 5.41) is 0. The summed E-state index contributed by atoms with van der Waals surface area (Å²) in [5.41, 5.74) is 9.01. The number of ether oxygens (including phenoxy) is 1. The monoisotopic (exact) mass is 276 g/mol. The molecule has 20 heavy (non-hydrogen) atoms. The first-order valence-electron chi connectivity index (χ1n) is 7.73. The van der Waals surface area contributed by atoms with E-state index in [0.717, 1.165) is 52.2 Å². The van der Waals surface area contributed by atoms with E-state index in [1.54, 1.807) is 0 Å². The molecular formula is C17H28N2O. The summed E-state index contributed by atoms with van der Waals surface area (Å²) in [4.78, 5) is 2.48. The maximum absolute atomic E-state index is 6.07. The molecule has 1 atom stereocenters. The summed E-state index contributed by atoms with van der Waals surface area (Å²) in [6, 6.07) is 8.99. The van der Waals surface area contributed by atoms with Crippen LogP contribution < -0.4 is 5.73 Å². The highest BCUT2D eigenvalue weighted by Gasteiger charge is 2.27. The van der Waals surface area contributed by atoms with Gasteiger partial charge in [0.15, 0.2) is 0 Å². The average Bonchev–Trinajstić information content (AvgIpc) is 2.49. The summed E-state index contributed by atoms with van der Waals surface area (Å²) in [6.07, 6.45) is 2.15. The van der Waals surface area contributed by atoms with E-state index >= 15 is 0 Å². The Labute approximate surface area is 123 Å². The normalized spacial score (nSPS) is 19.8. The first kappa shape index (κ1) is 15.5. The van der Waals surface area contributed by atoms with Crippen LogP contribution in [0.4, 0.5) is 0 Å². The molecule has 3 heteroatoms. The third-order valence-corrected chi connectivity index (χ3v) is 4.26. The minimum Gasteiger partial charge on any atom is -0.379 e. The van der Waals surface area contributed by atoms with Gasteiger partial charge in [0.25, 0.3) is 0 Å². The molecule has 2 N–H and O–H groups in total. The molecule has 1 unspecified atom stereocenters. The van der Waals surface area contributed by atoms with Gasteiger partial charge >= 0.3 is 0 Å². The molecule has 0 aliphatic carbocycles. The van der Waals surface area contributed by atoms with Gasteiger partial charge in [-0.1, -0.05) is 38.1 Å². The Morgan fingerprint density at radius 3 is 2.30 bits per heavy atom. The van der Waals surface area contributed by atoms with E-state index in [9.17, 15) is 0 Å². The van der Waals surface area contributed by atoms with Crippen molar-refractivity contribution >= 4 is 0 Å². The summed E-state index contributed by atoms with van der Waals surface area (Å²) in [5.74, 6) is 0. The lowest BCUT2D eigenvalue weighted by atomic mass is 9.82. The second kappa shape index (κ2) is 7.21. The molecule has 1 aliphatic rings. The van der Waals surface area contributed by atoms with E-state index in [0.29, 0.717) is 0 Å². The molecule has 1 heterocycles. The SMILES string of the molecule is CCc1ccc(CC(C)(CN)CN2CCOCC2)cc1. The third-order valence-electron chi connectivity index (χ3n) is 4.26. The van der Waals surface area contributed by atoms with Crippen LogP contribution in [0.3, 0.4) is 0 Å². The highest BCUT2D eigenvalue weighted by atomic mass is 16.5. The summed E-state index contributed by atoms with van der Waals surface area (Å²) in [7, 11) is 0. The summed E-state index contributed by atoms with van der Waals surface area (Å²) in [6.45, 7) is 10.0. The Morgan fingerprint density at radius 1 is 1.15 bits per heavy atom. The van der Waals surface area contributed by atoms with Gasteiger partial charge in [0.1, 0.15) is 0 Å². The van der Waals surface area contributed by atoms with Gasteiger partial charge in [0.2, 0.25) is 0 Å². The van der Waals surface area contributed by atoms with Crippen molar-refractivity contribution < 1.29 is 4.74 Å². The molecule has 0 saturated carbocycles. The molecule has 112 valence electrons. The minimum atomic E-state index is 0.144. The van der Waals surface area contributed by atoms with Crippen LogP contribution in [0, 0.1) is 5.41 Å². The zero-order valence-corrected chi connectivity index (χ0v) is 12.9. The topological polar surface area (TPSA) is 38.5 Å². The predicted molar refractivity (Wildman–Crippen MR) is 83.9 cm³/mol. The quantitative estimate of drug-likeness (QED) is 0.864. The molecule has 0 spiro atoms. The molecule has 1 fully saturated rings. The Morgan fingerprint density at radius 2 is 1.75 bits per heavy atom. The van der Waals surface area contributed by atoms with E-state index in [2.05, 4.69) is 43.0 Å². The van der Waals surface area contributed by atoms with Crippen molar-refractivity contribution in [2.24, 2.45) is 11.1 Å². The zero-order chi connectivity index (χ0) is 14.4. The number of nitrogens with zero attached hydrogens (tertiary/aromatic N) is 1. The highest BCUT2D eigenvalue weighted by molar-refractivity contribution is 5.23. The van der Waals surface area contributed by atoms with Crippen LogP contribution in [0.1, 0.15) is 25.0 Å². The van der Waals surface area contributed by atoms with Crippen molar-refractivity contribution in [3.05, 3.63) is 35.4 Å². The van der Waals surface area contributed by atoms with Gasteiger partial charge in [-0.15, -0.1) is 0 Å². The van der Waals surface area contributed by atoms with E-state index in [1.165, 1.54) is 11.1 Å². The number of nitrogens with two attached hydrogens (primary N) is 1. The van der Waals surface area contributed by atoms with Gasteiger partial charge < -0.3 is 10.5 Å². The molecule has 0 bridgehead atoms. The van der Waals surface area contributed by atoms with Crippen molar-refractivity contribution in [1.82, 2.24) is 4.90 Å². The van der Waals surface area contributed by atoms with Crippen LogP contribution in [0.2, 0.25) is 0 Å². The number of rotatable bonds is 6. The van der Waals surface area contributed by atoms with E-state index in [4.69, 9.17) is 10.5 Å². The van der Waals surface area contributed by atoms with E-state index < -0.39 is 0 Å². The molecule has 0 amide bonds. The van der Waals surface area contributed by atoms with Crippen LogP contribution in [-0.2, 0) is 17.6 Å². The van der Waals surface area contributed by atoms with Gasteiger partial charge in [-0.25, -0.2) is 0 Å². The molecule has 0 aromatic heterocycles. The van der Waals surface area contributed by atoms with Crippen LogP contribution in [0.5, 0.6) is 0 Å². The van der Waals surface area contributed by atoms with Gasteiger partial charge in [0, 0.05) is 19.6 Å². The lowest BCUT2D eigenvalue weighted by Crippen LogP contribution is -2.46. The Kier molecular flexibility index (Phi) is 5.58. The fourth-order valence-electron chi connectivity index (χ4n) is 2.88. The zero-order valence-electron chi connectivity index (χ0n) is 12.9. The number of morpholine rings is 1. The number of hydrogen-bond donors (Lipinski definition) is 1. The van der Waals surface area contributed by atoms with Crippen LogP contribution in [-0.4, -0.2) is 44.3 Å². The van der Waals surface area contributed by atoms with Gasteiger partial charge in [-0.2, -0.15) is 0 Å². The maximum Gasteiger partial charge on any atom is 0.0594 e. The number of benzene rings is 1. The van der Waals surface area contributed by atoms with Gasteiger partial charge in [-0.05, 0) is 35.9 Å². The molecule has 1 aromatic carbocycles. The standard InChI is InChI=1S/C17H28N2O/c1-3-15-4-6-16(7-5-15)12-17(2,13-18)14-19-8-10-20-11-9-19/h4-7H,3,8-14,18H2,1-2H3. The van der Waals surface area contributed by atoms with Crippen molar-refractivity contribution in [2.75, 3.05) is 39.4 Å². The first-order valence-corrected chi connectivity index (χ1v) is 7.73. The first-order chi connectivity index (χ1) is 9.65. The van der Waals surface area contributed by atoms with Gasteiger partial charge in [-0.3, -0.25) is 4.90 Å². The fraction of sp³-hybridized carbons (Fsp3) is 0.647. The lowest BCUT2D eigenvalue weighted by Gasteiger charge is -2.36. The smallest absolute Gasteiger partial charge is 0.0594 e. The summed E-state index contributed by atoms with van der Waals surface area (Å²) < 4.78 is 5.42. The van der Waals surface area contributed by atoms with Crippen molar-refractivity contribution in [3.63, 3.8) is 0 Å². The second-order valence-electron chi connectivity index (χ2n) is 6.25. The molecule has 1 saturated heterocycles. The molecular weight excluding hydrogens is 248 g/mol. The van der Waals surface area contributed by atoms with E-state index in [1.807, 2.05) is 0 Å². The van der Waals surface area contributed by atoms with Crippen molar-refractivity contribution in [3.8, 4) is 0 Å². The van der Waals surface area contributed by atoms with Crippen LogP contribution in [0.25, 0.3) is 0 Å². The summed E-state index contributed by atoms with van der Waals surface area (Å²) >= 11 is 0. The Balaban J connectivity index is 1.97. The molecule has 2 rings (SSSR count). The van der Waals surface area contributed by atoms with Crippen LogP contribution >= 0.6 is 0 Å². The third kappa shape index (κ3) is 4.30. The second-order valence-corrected chi connectivity index (χ2v) is 6.25. The van der Waals surface area contributed by atoms with Crippen molar-refractivity contribution in [1.29, 1.82) is 0 Å². The molecule has 1 aromatic rings. The number of hydrogen-bond acceptors (Lipinski definition) is 3. The average molecular weight is 276 g/mol. The Bertz CT molecular complexity index is 398. The highest BCUT2D eigenvalue weighted by Crippen LogP contribution is 2.23. The molecule has 0 radical (unpaired) electrons. The maximum atomic E-state index is 6.07. The predicted octanol–water partition coefficient (Wildman–Crippen LogP) is 2.09. The fourth-order valence-corrected chi connectivity index (χ4v) is 2.88. The van der Waals surface area contributed by atoms with Crippen molar-refractivity contribution in [2.45, 2.75) is 26.7 Å². The number of aryl methyl sites for hydroxylation is 1. The Hall–Kier alpha value is -0.900.